The highest BCUT2D eigenvalue weighted by molar-refractivity contribution is 6.48. The molecule has 0 aromatic heterocycles. The molecule has 12 nitrogen and oxygen atoms in total. The number of nitrogens with one attached hydrogen (secondary N) is 3. The summed E-state index contributed by atoms with van der Waals surface area (Å²) in [5, 5.41) is 16.2. The molecule has 5 rings (SSSR count). The van der Waals surface area contributed by atoms with Gasteiger partial charge in [0.2, 0.25) is 11.8 Å². The Bertz CT molecular complexity index is 1100. The number of unbranched alkanes of at least 4 members (excludes halogenated alkanes) is 2. The number of carbonyl (C=O) groups is 2. The van der Waals surface area contributed by atoms with E-state index in [0.29, 0.717) is 37.0 Å². The lowest BCUT2D eigenvalue weighted by Gasteiger charge is -2.64. The van der Waals surface area contributed by atoms with Gasteiger partial charge in [0, 0.05) is 12.5 Å². The highest BCUT2D eigenvalue weighted by atomic mass is 16.7. The molecular weight excluding hydrogens is 587 g/mol. The molecule has 5 aliphatic rings. The van der Waals surface area contributed by atoms with Gasteiger partial charge in [-0.3, -0.25) is 9.59 Å². The monoisotopic (exact) mass is 646 g/mol. The predicted molar refractivity (Wildman–Crippen MR) is 179 cm³/mol. The van der Waals surface area contributed by atoms with Crippen LogP contribution in [0.25, 0.3) is 0 Å². The van der Waals surface area contributed by atoms with Crippen molar-refractivity contribution in [2.75, 3.05) is 6.54 Å². The maximum absolute atomic E-state index is 14.0. The molecule has 0 spiro atoms. The Morgan fingerprint density at radius 1 is 1.09 bits per heavy atom. The number of rotatable bonds is 16. The lowest BCUT2D eigenvalue weighted by Crippen LogP contribution is -2.65. The summed E-state index contributed by atoms with van der Waals surface area (Å²) >= 11 is 0. The fraction of sp³-hybridized carbons (Fsp3) is 0.909. The normalized spacial score (nSPS) is 31.4. The highest BCUT2D eigenvalue weighted by Crippen LogP contribution is 2.65. The number of hydrogen-bond donors (Lipinski definition) is 4. The van der Waals surface area contributed by atoms with Crippen molar-refractivity contribution in [1.82, 2.24) is 16.1 Å². The van der Waals surface area contributed by atoms with E-state index in [1.165, 1.54) is 25.7 Å². The van der Waals surface area contributed by atoms with Gasteiger partial charge in [0.05, 0.1) is 17.6 Å². The zero-order valence-electron chi connectivity index (χ0n) is 29.0. The molecule has 2 bridgehead atoms. The summed E-state index contributed by atoms with van der Waals surface area (Å²) in [7, 11) is -0.562. The van der Waals surface area contributed by atoms with Crippen LogP contribution in [0.1, 0.15) is 125 Å². The first-order valence-corrected chi connectivity index (χ1v) is 17.9. The van der Waals surface area contributed by atoms with Gasteiger partial charge in [-0.2, -0.15) is 0 Å². The third-order valence-corrected chi connectivity index (χ3v) is 11.6. The van der Waals surface area contributed by atoms with Crippen molar-refractivity contribution < 1.29 is 23.9 Å². The smallest absolute Gasteiger partial charge is 0.404 e. The first kappa shape index (κ1) is 36.4. The molecule has 260 valence electrons. The highest BCUT2D eigenvalue weighted by Gasteiger charge is 2.68. The lowest BCUT2D eigenvalue weighted by molar-refractivity contribution is -0.525. The van der Waals surface area contributed by atoms with Crippen LogP contribution in [0.5, 0.6) is 0 Å². The third kappa shape index (κ3) is 8.73. The van der Waals surface area contributed by atoms with Gasteiger partial charge in [-0.1, -0.05) is 65.7 Å². The molecule has 5 N–H and O–H groups in total. The summed E-state index contributed by atoms with van der Waals surface area (Å²) in [5.74, 6) is 0.863. The Balaban J connectivity index is 1.41. The van der Waals surface area contributed by atoms with E-state index >= 15 is 0 Å². The van der Waals surface area contributed by atoms with Crippen molar-refractivity contribution in [3.63, 3.8) is 0 Å². The Labute approximate surface area is 275 Å². The van der Waals surface area contributed by atoms with Gasteiger partial charge < -0.3 is 25.7 Å². The van der Waals surface area contributed by atoms with Crippen LogP contribution >= 0.6 is 0 Å². The molecule has 13 heteroatoms. The van der Waals surface area contributed by atoms with Gasteiger partial charge in [-0.25, -0.2) is 15.1 Å². The fourth-order valence-corrected chi connectivity index (χ4v) is 8.68. The second-order valence-electron chi connectivity index (χ2n) is 15.6. The zero-order chi connectivity index (χ0) is 33.6. The van der Waals surface area contributed by atoms with E-state index in [-0.39, 0.29) is 59.2 Å². The Morgan fingerprint density at radius 2 is 1.80 bits per heavy atom. The Hall–Kier alpha value is -2.41. The van der Waals surface area contributed by atoms with Gasteiger partial charge in [0.25, 0.3) is 5.96 Å². The van der Waals surface area contributed by atoms with Gasteiger partial charge in [-0.15, -0.1) is 0 Å². The van der Waals surface area contributed by atoms with Gasteiger partial charge in [0.1, 0.15) is 6.04 Å². The number of nitrogens with zero attached hydrogens (tertiary/aromatic N) is 2. The van der Waals surface area contributed by atoms with E-state index < -0.39 is 18.2 Å². The molecule has 0 unspecified atom stereocenters. The van der Waals surface area contributed by atoms with E-state index in [1.807, 2.05) is 5.43 Å². The number of hydrogen-bond acceptors (Lipinski definition) is 7. The minimum Gasteiger partial charge on any atom is -0.404 e. The summed E-state index contributed by atoms with van der Waals surface area (Å²) in [4.78, 5) is 42.1. The first-order chi connectivity index (χ1) is 21.7. The number of carbonyl (C=O) groups excluding carboxylic acids is 2. The fourth-order valence-electron chi connectivity index (χ4n) is 8.68. The van der Waals surface area contributed by atoms with E-state index in [0.717, 1.165) is 38.5 Å². The molecule has 2 amide bonds. The number of hydrazine groups is 1. The SMILES string of the molecule is CCCCCC1CCC(C(=O)N[C@@H](CCCN=C(N)N[N+](=O)[O-])C(=O)N[C@@H](CC(C)C)B2O[C@@H]3C[C@H]4C[C@H](C4(C)C)[C@]3(C)O2)CC1. The maximum atomic E-state index is 14.0. The standard InChI is InChI=1S/C33H59BN6O6/c1-7-8-9-11-22-13-15-23(16-14-22)29(41)37-25(12-10-17-36-31(35)39-40(43)44)30(42)38-28(18-21(2)3)34-45-27-20-24-19-26(32(24,4)5)33(27,6)46-34/h21-28H,7-20H2,1-6H3,(H,37,41)(H,38,42)(H3,35,36,39)/t22?,23?,24-,25+,26-,27-,28+,33+/m1/s1. The van der Waals surface area contributed by atoms with Crippen molar-refractivity contribution in [3.8, 4) is 0 Å². The molecule has 0 aromatic rings. The summed E-state index contributed by atoms with van der Waals surface area (Å²) < 4.78 is 13.3. The quantitative estimate of drug-likeness (QED) is 0.0473. The zero-order valence-corrected chi connectivity index (χ0v) is 29.0. The molecule has 0 aromatic carbocycles. The lowest BCUT2D eigenvalue weighted by atomic mass is 9.43. The molecule has 0 radical (unpaired) electrons. The van der Waals surface area contributed by atoms with E-state index in [9.17, 15) is 19.7 Å². The number of nitrogens with two attached hydrogens (primary N) is 1. The number of amides is 2. The molecule has 46 heavy (non-hydrogen) atoms. The van der Waals surface area contributed by atoms with Crippen LogP contribution in [-0.4, -0.2) is 60.2 Å². The van der Waals surface area contributed by atoms with Crippen LogP contribution < -0.4 is 21.8 Å². The molecule has 5 fully saturated rings. The topological polar surface area (TPSA) is 170 Å². The number of aliphatic imine (C=N–C) groups is 1. The molecule has 1 heterocycles. The van der Waals surface area contributed by atoms with Crippen molar-refractivity contribution in [3.05, 3.63) is 10.1 Å². The molecule has 4 aliphatic carbocycles. The number of guanidine groups is 1. The van der Waals surface area contributed by atoms with Crippen molar-refractivity contribution in [1.29, 1.82) is 0 Å². The molecule has 6 atom stereocenters. The van der Waals surface area contributed by atoms with Crippen LogP contribution in [0, 0.1) is 45.1 Å². The van der Waals surface area contributed by atoms with Crippen LogP contribution in [0.4, 0.5) is 0 Å². The first-order valence-electron chi connectivity index (χ1n) is 17.9. The largest absolute Gasteiger partial charge is 0.481 e. The average molecular weight is 647 g/mol. The van der Waals surface area contributed by atoms with Gasteiger partial charge in [-0.05, 0) is 93.8 Å². The maximum Gasteiger partial charge on any atom is 0.481 e. The van der Waals surface area contributed by atoms with Crippen LogP contribution in [0.3, 0.4) is 0 Å². The van der Waals surface area contributed by atoms with Gasteiger partial charge in [0.15, 0.2) is 5.03 Å². The summed E-state index contributed by atoms with van der Waals surface area (Å²) in [6, 6.07) is -0.782. The van der Waals surface area contributed by atoms with Crippen LogP contribution in [-0.2, 0) is 18.9 Å². The van der Waals surface area contributed by atoms with Crippen molar-refractivity contribution in [2.24, 2.45) is 45.7 Å². The van der Waals surface area contributed by atoms with Crippen molar-refractivity contribution >= 4 is 24.9 Å². The minimum atomic E-state index is -0.782. The molecular formula is C33H59BN6O6. The second kappa shape index (κ2) is 15.7. The average Bonchev–Trinajstić information content (AvgIpc) is 3.35. The predicted octanol–water partition coefficient (Wildman–Crippen LogP) is 4.53. The number of nitro groups is 1. The van der Waals surface area contributed by atoms with Crippen LogP contribution in [0.15, 0.2) is 4.99 Å². The summed E-state index contributed by atoms with van der Waals surface area (Å²) in [5.41, 5.74) is 7.23. The Morgan fingerprint density at radius 3 is 2.43 bits per heavy atom. The van der Waals surface area contributed by atoms with Crippen LogP contribution in [0.2, 0.25) is 0 Å². The molecule has 1 saturated heterocycles. The Kier molecular flexibility index (Phi) is 12.4. The summed E-state index contributed by atoms with van der Waals surface area (Å²) in [6.07, 6.45) is 12.2. The van der Waals surface area contributed by atoms with Crippen molar-refractivity contribution in [2.45, 2.75) is 149 Å². The minimum absolute atomic E-state index is 0.00420. The molecule has 4 saturated carbocycles. The van der Waals surface area contributed by atoms with E-state index in [1.54, 1.807) is 0 Å². The van der Waals surface area contributed by atoms with E-state index in [2.05, 4.69) is 57.2 Å². The third-order valence-electron chi connectivity index (χ3n) is 11.6. The summed E-state index contributed by atoms with van der Waals surface area (Å²) in [6.45, 7) is 13.5. The molecule has 1 aliphatic heterocycles. The van der Waals surface area contributed by atoms with E-state index in [4.69, 9.17) is 15.0 Å². The second-order valence-corrected chi connectivity index (χ2v) is 15.6. The van der Waals surface area contributed by atoms with Gasteiger partial charge >= 0.3 is 7.12 Å².